The van der Waals surface area contributed by atoms with Gasteiger partial charge in [-0.15, -0.1) is 45.3 Å². The average Bonchev–Trinajstić information content (AvgIpc) is 1.52. The summed E-state index contributed by atoms with van der Waals surface area (Å²) in [4.78, 5) is 1.28. The Hall–Kier alpha value is -10.9. The Kier molecular flexibility index (Phi) is 14.0. The van der Waals surface area contributed by atoms with E-state index in [-0.39, 0.29) is 0 Å². The molecule has 6 nitrogen and oxygen atoms in total. The summed E-state index contributed by atoms with van der Waals surface area (Å²) in [6, 6.07) is 103. The van der Waals surface area contributed by atoms with E-state index in [0.29, 0.717) is 5.46 Å². The summed E-state index contributed by atoms with van der Waals surface area (Å²) in [7, 11) is -1.34. The first-order valence-corrected chi connectivity index (χ1v) is 37.1. The van der Waals surface area contributed by atoms with Crippen molar-refractivity contribution in [2.24, 2.45) is 0 Å². The van der Waals surface area contributed by atoms with Crippen molar-refractivity contribution in [1.29, 1.82) is 0 Å². The first kappa shape index (κ1) is 59.2. The van der Waals surface area contributed by atoms with Crippen LogP contribution in [0, 0.1) is 0 Å². The summed E-state index contributed by atoms with van der Waals surface area (Å²) in [5.74, 6) is 0. The van der Waals surface area contributed by atoms with Gasteiger partial charge in [-0.05, 0) is 122 Å². The van der Waals surface area contributed by atoms with Crippen LogP contribution in [0.2, 0.25) is 0 Å². The first-order chi connectivity index (χ1) is 49.3. The lowest BCUT2D eigenvalue weighted by Gasteiger charge is -2.12. The van der Waals surface area contributed by atoms with Crippen LogP contribution in [0.25, 0.3) is 192 Å². The molecular formula is C88H52BBrN2O4S4. The van der Waals surface area contributed by atoms with Gasteiger partial charge in [-0.3, -0.25) is 0 Å². The second-order valence-corrected chi connectivity index (χ2v) is 30.9. The van der Waals surface area contributed by atoms with E-state index in [1.807, 2.05) is 69.6 Å². The van der Waals surface area contributed by atoms with Gasteiger partial charge in [0.25, 0.3) is 0 Å². The van der Waals surface area contributed by atoms with Crippen LogP contribution in [0.15, 0.2) is 316 Å². The Bertz CT molecular complexity index is 7050. The van der Waals surface area contributed by atoms with Crippen molar-refractivity contribution in [1.82, 2.24) is 9.13 Å². The molecule has 0 saturated carbocycles. The minimum absolute atomic E-state index is 0.525. The molecular weight excluding hydrogens is 1370 g/mol. The van der Waals surface area contributed by atoms with Gasteiger partial charge in [-0.25, -0.2) is 0 Å². The third-order valence-corrected chi connectivity index (χ3v) is 25.0. The fourth-order valence-corrected chi connectivity index (χ4v) is 20.5. The van der Waals surface area contributed by atoms with E-state index in [1.54, 1.807) is 24.3 Å². The topological polar surface area (TPSA) is 76.6 Å². The molecule has 12 heteroatoms. The molecule has 8 heterocycles. The van der Waals surface area contributed by atoms with Gasteiger partial charge in [0.2, 0.25) is 0 Å². The zero-order valence-electron chi connectivity index (χ0n) is 53.1. The summed E-state index contributed by atoms with van der Waals surface area (Å²) in [6.07, 6.45) is 4.52. The standard InChI is InChI=1S/C44H25NOS2.C38H20BrNOS2.C6H7BO2/c1-2-10-26(11-3-1)40-25-36-35-24-27(28-14-8-15-32-29-12-4-6-18-38(29)46-42(28)32)20-21-31(35)41-34(43(36)48-40)22-23-45(41)37-17-9-16-33-30-13-5-7-19-39(30)47-44(33)37;39-34-20-30-29-19-21(22-9-5-10-26-23-7-1-3-13-32(23)41-36(22)26)15-16-25(29)35-28(37(30)43-34)17-18-40(35)31-12-6-11-27-24-8-2-4-14-33(24)42-38(27)31;8-7(9)6-4-2-1-3-5-6/h1-25H;1-20H;1-5,8-9H. The van der Waals surface area contributed by atoms with Crippen LogP contribution in [0.3, 0.4) is 0 Å². The third-order valence-electron chi connectivity index (χ3n) is 19.7. The van der Waals surface area contributed by atoms with Crippen molar-refractivity contribution < 1.29 is 18.9 Å². The molecule has 0 aliphatic carbocycles. The minimum Gasteiger partial charge on any atom is -0.455 e. The second-order valence-electron chi connectivity index (χ2n) is 25.3. The smallest absolute Gasteiger partial charge is 0.455 e. The first-order valence-electron chi connectivity index (χ1n) is 33.1. The second kappa shape index (κ2) is 23.7. The van der Waals surface area contributed by atoms with Crippen molar-refractivity contribution in [3.63, 3.8) is 0 Å². The van der Waals surface area contributed by atoms with Gasteiger partial charge in [-0.1, -0.05) is 218 Å². The molecule has 0 amide bonds. The van der Waals surface area contributed by atoms with E-state index in [4.69, 9.17) is 18.9 Å². The van der Waals surface area contributed by atoms with Crippen LogP contribution in [0.4, 0.5) is 0 Å². The van der Waals surface area contributed by atoms with Crippen molar-refractivity contribution in [3.8, 4) is 44.1 Å². The lowest BCUT2D eigenvalue weighted by molar-refractivity contribution is 0.426. The van der Waals surface area contributed by atoms with Crippen molar-refractivity contribution in [2.75, 3.05) is 0 Å². The number of rotatable bonds is 6. The lowest BCUT2D eigenvalue weighted by atomic mass is 9.81. The van der Waals surface area contributed by atoms with E-state index in [2.05, 4.69) is 280 Å². The van der Waals surface area contributed by atoms with E-state index in [9.17, 15) is 0 Å². The summed E-state index contributed by atoms with van der Waals surface area (Å²) in [5, 5.41) is 37.1. The Morgan fingerprint density at radius 1 is 0.300 bits per heavy atom. The fraction of sp³-hybridized carbons (Fsp3) is 0. The fourth-order valence-electron chi connectivity index (χ4n) is 15.2. The lowest BCUT2D eigenvalue weighted by Crippen LogP contribution is -2.29. The summed E-state index contributed by atoms with van der Waals surface area (Å²) in [6.45, 7) is 0. The third kappa shape index (κ3) is 9.47. The highest BCUT2D eigenvalue weighted by molar-refractivity contribution is 9.11. The molecule has 0 radical (unpaired) electrons. The van der Waals surface area contributed by atoms with Crippen LogP contribution in [0.1, 0.15) is 0 Å². The number of benzene rings is 14. The van der Waals surface area contributed by atoms with Gasteiger partial charge in [-0.2, -0.15) is 0 Å². The maximum Gasteiger partial charge on any atom is 0.488 e. The number of fused-ring (bicyclic) bond motifs is 24. The molecule has 0 atom stereocenters. The Morgan fingerprint density at radius 3 is 1.26 bits per heavy atom. The maximum absolute atomic E-state index is 8.58. The van der Waals surface area contributed by atoms with Crippen LogP contribution < -0.4 is 5.46 Å². The van der Waals surface area contributed by atoms with Crippen molar-refractivity contribution in [3.05, 3.63) is 307 Å². The van der Waals surface area contributed by atoms with Crippen LogP contribution in [0.5, 0.6) is 0 Å². The molecule has 22 aromatic rings. The average molecular weight is 1420 g/mol. The predicted octanol–water partition coefficient (Wildman–Crippen LogP) is 25.7. The largest absolute Gasteiger partial charge is 0.488 e. The van der Waals surface area contributed by atoms with Crippen molar-refractivity contribution >= 4 is 222 Å². The summed E-state index contributed by atoms with van der Waals surface area (Å²) < 4.78 is 26.8. The van der Waals surface area contributed by atoms with E-state index >= 15 is 0 Å². The number of hydrogen-bond acceptors (Lipinski definition) is 8. The predicted molar refractivity (Wildman–Crippen MR) is 433 cm³/mol. The molecule has 0 saturated heterocycles. The molecule has 14 aromatic carbocycles. The Labute approximate surface area is 596 Å². The van der Waals surface area contributed by atoms with Gasteiger partial charge in [0.15, 0.2) is 0 Å². The Balaban J connectivity index is 0.000000121. The number of para-hydroxylation sites is 4. The van der Waals surface area contributed by atoms with Gasteiger partial charge in [0.1, 0.15) is 22.3 Å². The minimum atomic E-state index is -1.34. The molecule has 22 rings (SSSR count). The molecule has 0 aliphatic rings. The van der Waals surface area contributed by atoms with Gasteiger partial charge in [0, 0.05) is 123 Å². The molecule has 2 N–H and O–H groups in total. The molecule has 0 fully saturated rings. The molecule has 0 aliphatic heterocycles. The molecule has 472 valence electrons. The van der Waals surface area contributed by atoms with Gasteiger partial charge in [0.05, 0.1) is 35.6 Å². The Morgan fingerprint density at radius 2 is 0.740 bits per heavy atom. The zero-order chi connectivity index (χ0) is 66.3. The highest BCUT2D eigenvalue weighted by Crippen LogP contribution is 2.50. The number of thiophene rings is 4. The number of aromatic nitrogens is 2. The molecule has 0 bridgehead atoms. The maximum atomic E-state index is 8.58. The zero-order valence-corrected chi connectivity index (χ0v) is 57.9. The number of furan rings is 2. The highest BCUT2D eigenvalue weighted by atomic mass is 79.9. The molecule has 0 spiro atoms. The van der Waals surface area contributed by atoms with E-state index in [0.717, 1.165) is 69.9 Å². The monoisotopic (exact) mass is 1420 g/mol. The van der Waals surface area contributed by atoms with Crippen LogP contribution in [-0.2, 0) is 0 Å². The van der Waals surface area contributed by atoms with Gasteiger partial charge >= 0.3 is 7.12 Å². The van der Waals surface area contributed by atoms with Gasteiger partial charge < -0.3 is 28.0 Å². The summed E-state index contributed by atoms with van der Waals surface area (Å²) >= 11 is 11.3. The number of halogens is 1. The molecule has 0 unspecified atom stereocenters. The van der Waals surface area contributed by atoms with Crippen LogP contribution in [-0.4, -0.2) is 26.3 Å². The van der Waals surface area contributed by atoms with E-state index < -0.39 is 7.12 Å². The van der Waals surface area contributed by atoms with Crippen LogP contribution >= 0.6 is 61.3 Å². The molecule has 100 heavy (non-hydrogen) atoms. The quantitative estimate of drug-likeness (QED) is 0.163. The summed E-state index contributed by atoms with van der Waals surface area (Å²) in [5.41, 5.74) is 15.0. The van der Waals surface area contributed by atoms with Crippen molar-refractivity contribution in [2.45, 2.75) is 0 Å². The molecule has 8 aromatic heterocycles. The number of nitrogens with zero attached hydrogens (tertiary/aromatic N) is 2. The van der Waals surface area contributed by atoms with E-state index in [1.165, 1.54) is 126 Å². The SMILES string of the molecule is Brc1cc2c3cc(-c4cccc5c4oc4ccccc45)ccc3c3c(ccn3-c3cccc4c3sc3ccccc34)c2s1.OB(O)c1ccccc1.c1ccc(-c2cc3c4cc(-c5cccc6c5oc5ccccc56)ccc4c4c(ccn4-c4cccc5c4sc4ccccc45)c3s2)cc1. The number of hydrogen-bond donors (Lipinski definition) is 2. The normalized spacial score (nSPS) is 11.9. The highest BCUT2D eigenvalue weighted by Gasteiger charge is 2.23.